The molecule has 3 rings (SSSR count). The molecule has 23 heavy (non-hydrogen) atoms. The fourth-order valence-electron chi connectivity index (χ4n) is 3.37. The lowest BCUT2D eigenvalue weighted by molar-refractivity contribution is -0.121. The number of carbonyl (C=O) groups is 1. The summed E-state index contributed by atoms with van der Waals surface area (Å²) in [6.07, 6.45) is 8.10. The van der Waals surface area contributed by atoms with Crippen LogP contribution in [0.15, 0.2) is 18.2 Å². The van der Waals surface area contributed by atoms with Crippen molar-refractivity contribution in [1.82, 2.24) is 4.98 Å². The van der Waals surface area contributed by atoms with Crippen LogP contribution in [0.1, 0.15) is 51.9 Å². The van der Waals surface area contributed by atoms with Crippen LogP contribution in [0.5, 0.6) is 0 Å². The number of nitrogens with zero attached hydrogens (tertiary/aromatic N) is 1. The Morgan fingerprint density at radius 3 is 2.87 bits per heavy atom. The van der Waals surface area contributed by atoms with E-state index >= 15 is 0 Å². The Morgan fingerprint density at radius 1 is 1.35 bits per heavy atom. The largest absolute Gasteiger partial charge is 0.302 e. The second kappa shape index (κ2) is 7.39. The van der Waals surface area contributed by atoms with Gasteiger partial charge in [-0.05, 0) is 49.8 Å². The molecule has 1 fully saturated rings. The van der Waals surface area contributed by atoms with Crippen LogP contribution in [0, 0.1) is 17.7 Å². The van der Waals surface area contributed by atoms with Gasteiger partial charge in [-0.1, -0.05) is 37.5 Å². The van der Waals surface area contributed by atoms with E-state index in [4.69, 9.17) is 0 Å². The predicted octanol–water partition coefficient (Wildman–Crippen LogP) is 5.37. The molecule has 0 radical (unpaired) electrons. The lowest BCUT2D eigenvalue weighted by Gasteiger charge is -2.27. The summed E-state index contributed by atoms with van der Waals surface area (Å²) in [5.41, 5.74) is 0.731. The van der Waals surface area contributed by atoms with Gasteiger partial charge in [-0.15, -0.1) is 0 Å². The zero-order valence-corrected chi connectivity index (χ0v) is 14.3. The number of anilines is 1. The van der Waals surface area contributed by atoms with Gasteiger partial charge in [-0.25, -0.2) is 9.37 Å². The molecule has 2 aromatic rings. The first-order valence-corrected chi connectivity index (χ1v) is 9.34. The fraction of sp³-hybridized carbons (Fsp3) is 0.556. The van der Waals surface area contributed by atoms with Crippen molar-refractivity contribution in [1.29, 1.82) is 0 Å². The van der Waals surface area contributed by atoms with Gasteiger partial charge in [0.05, 0.1) is 10.2 Å². The van der Waals surface area contributed by atoms with Crippen LogP contribution in [0.3, 0.4) is 0 Å². The maximum absolute atomic E-state index is 13.2. The second-order valence-corrected chi connectivity index (χ2v) is 7.51. The van der Waals surface area contributed by atoms with Crippen molar-refractivity contribution in [2.45, 2.75) is 51.9 Å². The third-order valence-electron chi connectivity index (χ3n) is 4.76. The number of thiazole rings is 1. The van der Waals surface area contributed by atoms with Crippen LogP contribution in [0.2, 0.25) is 0 Å². The van der Waals surface area contributed by atoms with E-state index in [0.717, 1.165) is 41.8 Å². The molecule has 1 aromatic carbocycles. The van der Waals surface area contributed by atoms with Gasteiger partial charge in [0.25, 0.3) is 0 Å². The molecule has 0 unspecified atom stereocenters. The van der Waals surface area contributed by atoms with Gasteiger partial charge in [0, 0.05) is 5.92 Å². The number of nitrogens with one attached hydrogen (secondary N) is 1. The Morgan fingerprint density at radius 2 is 2.13 bits per heavy atom. The molecular weight excluding hydrogens is 311 g/mol. The van der Waals surface area contributed by atoms with Gasteiger partial charge in [0.2, 0.25) is 5.91 Å². The highest BCUT2D eigenvalue weighted by Crippen LogP contribution is 2.33. The maximum atomic E-state index is 13.2. The van der Waals surface area contributed by atoms with Crippen molar-refractivity contribution in [2.75, 3.05) is 5.32 Å². The first kappa shape index (κ1) is 16.4. The molecule has 0 atom stereocenters. The van der Waals surface area contributed by atoms with Crippen LogP contribution in [-0.4, -0.2) is 10.9 Å². The predicted molar refractivity (Wildman–Crippen MR) is 93.2 cm³/mol. The monoisotopic (exact) mass is 334 g/mol. The highest BCUT2D eigenvalue weighted by molar-refractivity contribution is 7.22. The smallest absolute Gasteiger partial charge is 0.229 e. The number of benzene rings is 1. The highest BCUT2D eigenvalue weighted by atomic mass is 32.1. The van der Waals surface area contributed by atoms with Crippen molar-refractivity contribution in [3.63, 3.8) is 0 Å². The second-order valence-electron chi connectivity index (χ2n) is 6.48. The summed E-state index contributed by atoms with van der Waals surface area (Å²) in [4.78, 5) is 16.8. The first-order valence-electron chi connectivity index (χ1n) is 8.52. The van der Waals surface area contributed by atoms with Gasteiger partial charge in [0.15, 0.2) is 5.13 Å². The standard InChI is InChI=1S/C18H23FN2OS/c1-2-3-4-12-5-7-13(8-6-12)17(22)21-18-20-15-10-9-14(19)11-16(15)23-18/h9-13H,2-8H2,1H3,(H,20,21,22). The number of rotatable bonds is 5. The third kappa shape index (κ3) is 4.08. The number of hydrogen-bond acceptors (Lipinski definition) is 3. The van der Waals surface area contributed by atoms with E-state index in [0.29, 0.717) is 5.13 Å². The summed E-state index contributed by atoms with van der Waals surface area (Å²) < 4.78 is 14.0. The lowest BCUT2D eigenvalue weighted by Crippen LogP contribution is -2.27. The van der Waals surface area contributed by atoms with Gasteiger partial charge in [0.1, 0.15) is 5.82 Å². The quantitative estimate of drug-likeness (QED) is 0.798. The Labute approximate surface area is 140 Å². The van der Waals surface area contributed by atoms with Crippen molar-refractivity contribution in [2.24, 2.45) is 11.8 Å². The van der Waals surface area contributed by atoms with Gasteiger partial charge >= 0.3 is 0 Å². The minimum atomic E-state index is -0.274. The van der Waals surface area contributed by atoms with E-state index in [-0.39, 0.29) is 17.6 Å². The molecule has 1 N–H and O–H groups in total. The van der Waals surface area contributed by atoms with E-state index < -0.39 is 0 Å². The number of carbonyl (C=O) groups excluding carboxylic acids is 1. The highest BCUT2D eigenvalue weighted by Gasteiger charge is 2.26. The summed E-state index contributed by atoms with van der Waals surface area (Å²) in [6, 6.07) is 4.50. The summed E-state index contributed by atoms with van der Waals surface area (Å²) in [5, 5.41) is 3.50. The summed E-state index contributed by atoms with van der Waals surface area (Å²) in [6.45, 7) is 2.23. The fourth-order valence-corrected chi connectivity index (χ4v) is 4.26. The Balaban J connectivity index is 1.56. The van der Waals surface area contributed by atoms with Crippen LogP contribution < -0.4 is 5.32 Å². The zero-order valence-electron chi connectivity index (χ0n) is 13.5. The Bertz CT molecular complexity index is 677. The topological polar surface area (TPSA) is 42.0 Å². The van der Waals surface area contributed by atoms with Gasteiger partial charge in [-0.3, -0.25) is 4.79 Å². The van der Waals surface area contributed by atoms with Gasteiger partial charge in [-0.2, -0.15) is 0 Å². The number of halogens is 1. The Kier molecular flexibility index (Phi) is 5.26. The molecular formula is C18H23FN2OS. The normalized spacial score (nSPS) is 21.5. The van der Waals surface area contributed by atoms with E-state index in [1.54, 1.807) is 6.07 Å². The summed E-state index contributed by atoms with van der Waals surface area (Å²) in [5.74, 6) is 0.684. The van der Waals surface area contributed by atoms with E-state index in [9.17, 15) is 9.18 Å². The lowest BCUT2D eigenvalue weighted by atomic mass is 9.79. The molecule has 5 heteroatoms. The van der Waals surface area contributed by atoms with Gasteiger partial charge < -0.3 is 5.32 Å². The maximum Gasteiger partial charge on any atom is 0.229 e. The molecule has 0 saturated heterocycles. The average molecular weight is 334 g/mol. The number of aromatic nitrogens is 1. The summed E-state index contributed by atoms with van der Waals surface area (Å²) >= 11 is 1.33. The molecule has 1 aromatic heterocycles. The first-order chi connectivity index (χ1) is 11.2. The van der Waals surface area contributed by atoms with Crippen molar-refractivity contribution in [3.8, 4) is 0 Å². The van der Waals surface area contributed by atoms with Crippen LogP contribution in [0.4, 0.5) is 9.52 Å². The van der Waals surface area contributed by atoms with Crippen molar-refractivity contribution in [3.05, 3.63) is 24.0 Å². The summed E-state index contributed by atoms with van der Waals surface area (Å²) in [7, 11) is 0. The number of amides is 1. The van der Waals surface area contributed by atoms with E-state index in [2.05, 4.69) is 17.2 Å². The number of fused-ring (bicyclic) bond motifs is 1. The Hall–Kier alpha value is -1.49. The van der Waals surface area contributed by atoms with Crippen LogP contribution in [-0.2, 0) is 4.79 Å². The molecule has 1 aliphatic carbocycles. The van der Waals surface area contributed by atoms with E-state index in [1.807, 2.05) is 0 Å². The SMILES string of the molecule is CCCCC1CCC(C(=O)Nc2nc3ccc(F)cc3s2)CC1. The zero-order chi connectivity index (χ0) is 16.2. The van der Waals surface area contributed by atoms with Crippen LogP contribution in [0.25, 0.3) is 10.2 Å². The molecule has 0 aliphatic heterocycles. The molecule has 3 nitrogen and oxygen atoms in total. The number of hydrogen-bond donors (Lipinski definition) is 1. The molecule has 1 saturated carbocycles. The number of unbranched alkanes of at least 4 members (excludes halogenated alkanes) is 1. The third-order valence-corrected chi connectivity index (χ3v) is 5.70. The molecule has 124 valence electrons. The molecule has 1 aliphatic rings. The molecule has 1 amide bonds. The van der Waals surface area contributed by atoms with E-state index in [1.165, 1.54) is 42.7 Å². The minimum Gasteiger partial charge on any atom is -0.302 e. The minimum absolute atomic E-state index is 0.0680. The van der Waals surface area contributed by atoms with Crippen LogP contribution >= 0.6 is 11.3 Å². The van der Waals surface area contributed by atoms with Crippen molar-refractivity contribution < 1.29 is 9.18 Å². The molecule has 1 heterocycles. The van der Waals surface area contributed by atoms with Crippen molar-refractivity contribution >= 4 is 32.6 Å². The molecule has 0 bridgehead atoms. The molecule has 0 spiro atoms. The average Bonchev–Trinajstić information content (AvgIpc) is 2.94.